The summed E-state index contributed by atoms with van der Waals surface area (Å²) in [4.78, 5) is 23.4. The van der Waals surface area contributed by atoms with Crippen molar-refractivity contribution < 1.29 is 9.59 Å². The Morgan fingerprint density at radius 2 is 1.89 bits per heavy atom. The molecule has 0 aliphatic rings. The van der Waals surface area contributed by atoms with Gasteiger partial charge in [0, 0.05) is 17.0 Å². The fourth-order valence-electron chi connectivity index (χ4n) is 1.51. The fraction of sp³-hybridized carbons (Fsp3) is 0.467. The third-order valence-corrected chi connectivity index (χ3v) is 3.83. The lowest BCUT2D eigenvalue weighted by Gasteiger charge is -2.12. The smallest absolute Gasteiger partial charge is 0.233 e. The van der Waals surface area contributed by atoms with E-state index in [1.54, 1.807) is 12.1 Å². The molecule has 4 heteroatoms. The Kier molecular flexibility index (Phi) is 6.64. The summed E-state index contributed by atoms with van der Waals surface area (Å²) in [5.41, 5.74) is 0.651. The van der Waals surface area contributed by atoms with Crippen molar-refractivity contribution in [1.82, 2.24) is 5.32 Å². The Morgan fingerprint density at radius 1 is 1.26 bits per heavy atom. The largest absolute Gasteiger partial charge is 0.355 e. The highest BCUT2D eigenvalue weighted by Crippen LogP contribution is 2.23. The highest BCUT2D eigenvalue weighted by Gasteiger charge is 2.13. The molecule has 0 heterocycles. The molecule has 0 saturated carbocycles. The molecule has 0 fully saturated rings. The number of amides is 1. The Balaban J connectivity index is 2.42. The van der Waals surface area contributed by atoms with Crippen molar-refractivity contribution in [2.45, 2.75) is 37.3 Å². The van der Waals surface area contributed by atoms with Crippen molar-refractivity contribution in [3.8, 4) is 0 Å². The van der Waals surface area contributed by atoms with Gasteiger partial charge in [0.25, 0.3) is 0 Å². The van der Waals surface area contributed by atoms with Crippen molar-refractivity contribution in [3.05, 3.63) is 29.8 Å². The van der Waals surface area contributed by atoms with E-state index in [1.807, 2.05) is 19.1 Å². The zero-order valence-corrected chi connectivity index (χ0v) is 12.5. The van der Waals surface area contributed by atoms with Crippen LogP contribution in [-0.4, -0.2) is 24.0 Å². The first kappa shape index (κ1) is 15.8. The van der Waals surface area contributed by atoms with Gasteiger partial charge in [-0.25, -0.2) is 0 Å². The second-order valence-electron chi connectivity index (χ2n) is 4.92. The van der Waals surface area contributed by atoms with E-state index in [1.165, 1.54) is 11.8 Å². The van der Waals surface area contributed by atoms with Crippen LogP contribution in [0.1, 0.15) is 37.6 Å². The maximum Gasteiger partial charge on any atom is 0.233 e. The lowest BCUT2D eigenvalue weighted by Crippen LogP contribution is -2.32. The highest BCUT2D eigenvalue weighted by molar-refractivity contribution is 8.00. The van der Waals surface area contributed by atoms with Gasteiger partial charge in [-0.2, -0.15) is 0 Å². The molecule has 0 aliphatic heterocycles. The Bertz CT molecular complexity index is 415. The van der Waals surface area contributed by atoms with E-state index in [0.717, 1.165) is 24.1 Å². The molecule has 1 N–H and O–H groups in total. The SMILES string of the molecule is CC(C)CCNC(=O)C(C)Sc1ccc(C=O)cc1. The highest BCUT2D eigenvalue weighted by atomic mass is 32.2. The fourth-order valence-corrected chi connectivity index (χ4v) is 2.40. The summed E-state index contributed by atoms with van der Waals surface area (Å²) < 4.78 is 0. The lowest BCUT2D eigenvalue weighted by molar-refractivity contribution is -0.120. The molecule has 0 saturated heterocycles. The summed E-state index contributed by atoms with van der Waals surface area (Å²) in [7, 11) is 0. The average Bonchev–Trinajstić information content (AvgIpc) is 2.39. The summed E-state index contributed by atoms with van der Waals surface area (Å²) >= 11 is 1.50. The van der Waals surface area contributed by atoms with Crippen LogP contribution in [0.15, 0.2) is 29.2 Å². The molecular formula is C15H21NO2S. The molecule has 1 aromatic rings. The molecule has 0 aliphatic carbocycles. The van der Waals surface area contributed by atoms with E-state index in [0.29, 0.717) is 11.5 Å². The number of hydrogen-bond donors (Lipinski definition) is 1. The van der Waals surface area contributed by atoms with Crippen molar-refractivity contribution in [3.63, 3.8) is 0 Å². The topological polar surface area (TPSA) is 46.2 Å². The van der Waals surface area contributed by atoms with E-state index in [9.17, 15) is 9.59 Å². The molecule has 0 aromatic heterocycles. The zero-order chi connectivity index (χ0) is 14.3. The Hall–Kier alpha value is -1.29. The van der Waals surface area contributed by atoms with Gasteiger partial charge in [-0.15, -0.1) is 11.8 Å². The van der Waals surface area contributed by atoms with E-state index in [2.05, 4.69) is 19.2 Å². The third-order valence-electron chi connectivity index (χ3n) is 2.72. The average molecular weight is 279 g/mol. The Morgan fingerprint density at radius 3 is 2.42 bits per heavy atom. The van der Waals surface area contributed by atoms with Gasteiger partial charge in [0.15, 0.2) is 0 Å². The van der Waals surface area contributed by atoms with Crippen molar-refractivity contribution in [2.24, 2.45) is 5.92 Å². The minimum atomic E-state index is -0.130. The van der Waals surface area contributed by atoms with Crippen LogP contribution in [0.3, 0.4) is 0 Å². The standard InChI is InChI=1S/C15H21NO2S/c1-11(2)8-9-16-15(18)12(3)19-14-6-4-13(10-17)5-7-14/h4-7,10-12H,8-9H2,1-3H3,(H,16,18). The second kappa shape index (κ2) is 8.00. The van der Waals surface area contributed by atoms with Gasteiger partial charge in [-0.3, -0.25) is 9.59 Å². The van der Waals surface area contributed by atoms with Crippen LogP contribution in [0, 0.1) is 5.92 Å². The maximum atomic E-state index is 11.9. The number of rotatable bonds is 7. The summed E-state index contributed by atoms with van der Waals surface area (Å²) in [6.07, 6.45) is 1.81. The first-order chi connectivity index (χ1) is 9.02. The van der Waals surface area contributed by atoms with Crippen LogP contribution in [0.5, 0.6) is 0 Å². The molecule has 0 spiro atoms. The molecular weight excluding hydrogens is 258 g/mol. The minimum absolute atomic E-state index is 0.0603. The van der Waals surface area contributed by atoms with E-state index in [-0.39, 0.29) is 11.2 Å². The van der Waals surface area contributed by atoms with Gasteiger partial charge >= 0.3 is 0 Å². The molecule has 1 rings (SSSR count). The van der Waals surface area contributed by atoms with E-state index < -0.39 is 0 Å². The second-order valence-corrected chi connectivity index (χ2v) is 6.33. The van der Waals surface area contributed by atoms with E-state index in [4.69, 9.17) is 0 Å². The number of nitrogens with one attached hydrogen (secondary N) is 1. The first-order valence-electron chi connectivity index (χ1n) is 6.52. The molecule has 0 bridgehead atoms. The van der Waals surface area contributed by atoms with Gasteiger partial charge in [-0.1, -0.05) is 26.0 Å². The third kappa shape index (κ3) is 5.92. The number of hydrogen-bond acceptors (Lipinski definition) is 3. The molecule has 3 nitrogen and oxygen atoms in total. The number of benzene rings is 1. The molecule has 0 radical (unpaired) electrons. The zero-order valence-electron chi connectivity index (χ0n) is 11.7. The predicted molar refractivity (Wildman–Crippen MR) is 79.6 cm³/mol. The van der Waals surface area contributed by atoms with E-state index >= 15 is 0 Å². The summed E-state index contributed by atoms with van der Waals surface area (Å²) in [6, 6.07) is 7.26. The molecule has 1 amide bonds. The van der Waals surface area contributed by atoms with Crippen LogP contribution in [-0.2, 0) is 4.79 Å². The van der Waals surface area contributed by atoms with Gasteiger partial charge in [-0.05, 0) is 31.4 Å². The van der Waals surface area contributed by atoms with Crippen molar-refractivity contribution in [1.29, 1.82) is 0 Å². The molecule has 19 heavy (non-hydrogen) atoms. The summed E-state index contributed by atoms with van der Waals surface area (Å²) in [6.45, 7) is 6.90. The normalized spacial score (nSPS) is 12.2. The van der Waals surface area contributed by atoms with Gasteiger partial charge in [0.2, 0.25) is 5.91 Å². The predicted octanol–water partition coefficient (Wildman–Crippen LogP) is 3.14. The number of aldehydes is 1. The van der Waals surface area contributed by atoms with Gasteiger partial charge < -0.3 is 5.32 Å². The van der Waals surface area contributed by atoms with Crippen molar-refractivity contribution in [2.75, 3.05) is 6.54 Å². The minimum Gasteiger partial charge on any atom is -0.355 e. The number of thioether (sulfide) groups is 1. The summed E-state index contributed by atoms with van der Waals surface area (Å²) in [5.74, 6) is 0.657. The van der Waals surface area contributed by atoms with Crippen LogP contribution < -0.4 is 5.32 Å². The molecule has 1 unspecified atom stereocenters. The molecule has 1 aromatic carbocycles. The van der Waals surface area contributed by atoms with Crippen LogP contribution in [0.2, 0.25) is 0 Å². The van der Waals surface area contributed by atoms with Crippen LogP contribution in [0.25, 0.3) is 0 Å². The first-order valence-corrected chi connectivity index (χ1v) is 7.40. The van der Waals surface area contributed by atoms with Gasteiger partial charge in [0.05, 0.1) is 5.25 Å². The Labute approximate surface area is 119 Å². The quantitative estimate of drug-likeness (QED) is 0.616. The molecule has 104 valence electrons. The number of carbonyl (C=O) groups excluding carboxylic acids is 2. The van der Waals surface area contributed by atoms with Gasteiger partial charge in [0.1, 0.15) is 6.29 Å². The lowest BCUT2D eigenvalue weighted by atomic mass is 10.1. The number of carbonyl (C=O) groups is 2. The summed E-state index contributed by atoms with van der Waals surface area (Å²) in [5, 5.41) is 2.81. The van der Waals surface area contributed by atoms with Crippen LogP contribution >= 0.6 is 11.8 Å². The molecule has 1 atom stereocenters. The van der Waals surface area contributed by atoms with Crippen LogP contribution in [0.4, 0.5) is 0 Å². The maximum absolute atomic E-state index is 11.9. The van der Waals surface area contributed by atoms with Crippen molar-refractivity contribution >= 4 is 24.0 Å². The monoisotopic (exact) mass is 279 g/mol.